The van der Waals surface area contributed by atoms with Gasteiger partial charge in [-0.2, -0.15) is 0 Å². The van der Waals surface area contributed by atoms with Crippen LogP contribution in [0.4, 0.5) is 11.4 Å². The van der Waals surface area contributed by atoms with Crippen molar-refractivity contribution >= 4 is 50.2 Å². The van der Waals surface area contributed by atoms with Crippen LogP contribution in [0.3, 0.4) is 0 Å². The summed E-state index contributed by atoms with van der Waals surface area (Å²) in [6, 6.07) is 8.78. The van der Waals surface area contributed by atoms with Crippen LogP contribution in [-0.2, 0) is 6.54 Å². The first-order valence-corrected chi connectivity index (χ1v) is 7.35. The maximum atomic E-state index is 11.1. The summed E-state index contributed by atoms with van der Waals surface area (Å²) in [6.07, 6.45) is 0. The maximum Gasteiger partial charge on any atom is 0.293 e. The molecule has 0 spiro atoms. The molecule has 2 rings (SSSR count). The van der Waals surface area contributed by atoms with E-state index in [1.54, 1.807) is 12.1 Å². The van der Waals surface area contributed by atoms with Crippen LogP contribution < -0.4 is 4.90 Å². The molecule has 100 valence electrons. The molecule has 4 nitrogen and oxygen atoms in total. The van der Waals surface area contributed by atoms with Crippen LogP contribution in [0, 0.1) is 10.1 Å². The Balaban J connectivity index is 2.28. The average Bonchev–Trinajstić information content (AvgIpc) is 2.74. The molecule has 7 heteroatoms. The Kier molecular flexibility index (Phi) is 4.44. The van der Waals surface area contributed by atoms with Crippen LogP contribution in [0.15, 0.2) is 34.8 Å². The van der Waals surface area contributed by atoms with Crippen molar-refractivity contribution < 1.29 is 4.92 Å². The van der Waals surface area contributed by atoms with Gasteiger partial charge in [0.05, 0.1) is 15.8 Å². The van der Waals surface area contributed by atoms with Crippen LogP contribution >= 0.6 is 38.9 Å². The summed E-state index contributed by atoms with van der Waals surface area (Å²) in [5, 5.41) is 11.1. The van der Waals surface area contributed by atoms with Gasteiger partial charge in [0.1, 0.15) is 5.69 Å². The molecule has 1 heterocycles. The second-order valence-corrected chi connectivity index (χ2v) is 6.67. The normalized spacial score (nSPS) is 10.5. The van der Waals surface area contributed by atoms with E-state index in [4.69, 9.17) is 11.6 Å². The number of halogens is 2. The summed E-state index contributed by atoms with van der Waals surface area (Å²) in [6.45, 7) is 0.583. The minimum Gasteiger partial charge on any atom is -0.364 e. The van der Waals surface area contributed by atoms with Gasteiger partial charge in [0.25, 0.3) is 5.69 Å². The Labute approximate surface area is 127 Å². The van der Waals surface area contributed by atoms with Gasteiger partial charge in [-0.25, -0.2) is 0 Å². The van der Waals surface area contributed by atoms with Crippen LogP contribution in [0.2, 0.25) is 4.34 Å². The molecule has 0 fully saturated rings. The molecule has 0 aliphatic rings. The first-order chi connectivity index (χ1) is 8.97. The van der Waals surface area contributed by atoms with Crippen molar-refractivity contribution in [1.82, 2.24) is 0 Å². The molecule has 0 unspecified atom stereocenters. The topological polar surface area (TPSA) is 46.4 Å². The third kappa shape index (κ3) is 3.46. The molecule has 0 aliphatic carbocycles. The van der Waals surface area contributed by atoms with Gasteiger partial charge in [-0.3, -0.25) is 10.1 Å². The molecule has 0 atom stereocenters. The molecule has 0 radical (unpaired) electrons. The Bertz CT molecular complexity index is 618. The summed E-state index contributed by atoms with van der Waals surface area (Å²) >= 11 is 10.6. The van der Waals surface area contributed by atoms with E-state index in [1.165, 1.54) is 17.4 Å². The van der Waals surface area contributed by atoms with Gasteiger partial charge in [0.15, 0.2) is 0 Å². The zero-order chi connectivity index (χ0) is 14.0. The largest absolute Gasteiger partial charge is 0.364 e. The van der Waals surface area contributed by atoms with Crippen molar-refractivity contribution in [3.8, 4) is 0 Å². The maximum absolute atomic E-state index is 11.1. The van der Waals surface area contributed by atoms with Crippen molar-refractivity contribution in [3.05, 3.63) is 54.1 Å². The molecule has 2 aromatic rings. The van der Waals surface area contributed by atoms with Gasteiger partial charge in [-0.05, 0) is 24.3 Å². The van der Waals surface area contributed by atoms with E-state index >= 15 is 0 Å². The predicted molar refractivity (Wildman–Crippen MR) is 82.2 cm³/mol. The average molecular weight is 362 g/mol. The van der Waals surface area contributed by atoms with Gasteiger partial charge < -0.3 is 4.90 Å². The Morgan fingerprint density at radius 1 is 1.42 bits per heavy atom. The molecule has 1 aromatic carbocycles. The van der Waals surface area contributed by atoms with E-state index in [0.29, 0.717) is 21.0 Å². The number of nitro benzene ring substituents is 1. The molecule has 19 heavy (non-hydrogen) atoms. The fourth-order valence-electron chi connectivity index (χ4n) is 1.72. The van der Waals surface area contributed by atoms with E-state index in [1.807, 2.05) is 24.1 Å². The van der Waals surface area contributed by atoms with Crippen LogP contribution in [-0.4, -0.2) is 12.0 Å². The second-order valence-electron chi connectivity index (χ2n) is 3.95. The van der Waals surface area contributed by atoms with E-state index in [2.05, 4.69) is 15.9 Å². The number of hydrogen-bond donors (Lipinski definition) is 0. The smallest absolute Gasteiger partial charge is 0.293 e. The zero-order valence-corrected chi connectivity index (χ0v) is 13.1. The van der Waals surface area contributed by atoms with Crippen LogP contribution in [0.25, 0.3) is 0 Å². The number of nitro groups is 1. The molecular weight excluding hydrogens is 352 g/mol. The summed E-state index contributed by atoms with van der Waals surface area (Å²) < 4.78 is 1.41. The number of thiophene rings is 1. The first-order valence-electron chi connectivity index (χ1n) is 5.36. The van der Waals surface area contributed by atoms with Crippen molar-refractivity contribution in [2.45, 2.75) is 6.54 Å². The van der Waals surface area contributed by atoms with E-state index in [9.17, 15) is 10.1 Å². The number of benzene rings is 1. The third-order valence-electron chi connectivity index (χ3n) is 2.57. The standard InChI is InChI=1S/C12H10BrClN2O2S/c1-15(7-9-3-5-12(14)19-9)10-4-2-8(13)6-11(10)16(17)18/h2-6H,7H2,1H3. The first kappa shape index (κ1) is 14.3. The quantitative estimate of drug-likeness (QED) is 0.585. The highest BCUT2D eigenvalue weighted by Gasteiger charge is 2.18. The zero-order valence-electron chi connectivity index (χ0n) is 9.97. The summed E-state index contributed by atoms with van der Waals surface area (Å²) in [4.78, 5) is 13.6. The highest BCUT2D eigenvalue weighted by atomic mass is 79.9. The number of nitrogens with zero attached hydrogens (tertiary/aromatic N) is 2. The predicted octanol–water partition coefficient (Wildman–Crippen LogP) is 4.71. The Hall–Kier alpha value is -1.11. The number of hydrogen-bond acceptors (Lipinski definition) is 4. The molecule has 0 N–H and O–H groups in total. The molecule has 0 amide bonds. The second kappa shape index (κ2) is 5.90. The molecule has 0 bridgehead atoms. The number of anilines is 1. The molecule has 1 aromatic heterocycles. The highest BCUT2D eigenvalue weighted by Crippen LogP contribution is 2.32. The monoisotopic (exact) mass is 360 g/mol. The minimum absolute atomic E-state index is 0.0829. The van der Waals surface area contributed by atoms with Gasteiger partial charge in [-0.1, -0.05) is 27.5 Å². The molecule has 0 aliphatic heterocycles. The minimum atomic E-state index is -0.377. The summed E-state index contributed by atoms with van der Waals surface area (Å²) in [7, 11) is 1.82. The summed E-state index contributed by atoms with van der Waals surface area (Å²) in [5.41, 5.74) is 0.664. The van der Waals surface area contributed by atoms with Crippen molar-refractivity contribution in [2.75, 3.05) is 11.9 Å². The van der Waals surface area contributed by atoms with Crippen LogP contribution in [0.5, 0.6) is 0 Å². The fraction of sp³-hybridized carbons (Fsp3) is 0.167. The lowest BCUT2D eigenvalue weighted by Crippen LogP contribution is -2.16. The molecule has 0 saturated heterocycles. The summed E-state index contributed by atoms with van der Waals surface area (Å²) in [5.74, 6) is 0. The molecular formula is C12H10BrClN2O2S. The Morgan fingerprint density at radius 3 is 2.74 bits per heavy atom. The fourth-order valence-corrected chi connectivity index (χ4v) is 3.21. The lowest BCUT2D eigenvalue weighted by Gasteiger charge is -2.18. The Morgan fingerprint density at radius 2 is 2.16 bits per heavy atom. The van der Waals surface area contributed by atoms with Crippen molar-refractivity contribution in [1.29, 1.82) is 0 Å². The van der Waals surface area contributed by atoms with Gasteiger partial charge in [-0.15, -0.1) is 11.3 Å². The highest BCUT2D eigenvalue weighted by molar-refractivity contribution is 9.10. The van der Waals surface area contributed by atoms with Crippen LogP contribution in [0.1, 0.15) is 4.88 Å². The van der Waals surface area contributed by atoms with Crippen molar-refractivity contribution in [3.63, 3.8) is 0 Å². The third-order valence-corrected chi connectivity index (χ3v) is 4.28. The van der Waals surface area contributed by atoms with Gasteiger partial charge in [0, 0.05) is 22.5 Å². The van der Waals surface area contributed by atoms with E-state index < -0.39 is 0 Å². The number of rotatable bonds is 4. The lowest BCUT2D eigenvalue weighted by molar-refractivity contribution is -0.384. The van der Waals surface area contributed by atoms with E-state index in [-0.39, 0.29) is 10.6 Å². The molecule has 0 saturated carbocycles. The van der Waals surface area contributed by atoms with E-state index in [0.717, 1.165) is 4.88 Å². The van der Waals surface area contributed by atoms with Gasteiger partial charge >= 0.3 is 0 Å². The van der Waals surface area contributed by atoms with Gasteiger partial charge in [0.2, 0.25) is 0 Å². The van der Waals surface area contributed by atoms with Crippen molar-refractivity contribution in [2.24, 2.45) is 0 Å². The lowest BCUT2D eigenvalue weighted by atomic mass is 10.2. The SMILES string of the molecule is CN(Cc1ccc(Cl)s1)c1ccc(Br)cc1[N+](=O)[O-].